The van der Waals surface area contributed by atoms with E-state index < -0.39 is 10.0 Å². The van der Waals surface area contributed by atoms with Crippen LogP contribution in [0.5, 0.6) is 0 Å². The van der Waals surface area contributed by atoms with Crippen molar-refractivity contribution in [2.75, 3.05) is 13.1 Å². The highest BCUT2D eigenvalue weighted by Gasteiger charge is 2.36. The number of benzene rings is 1. The van der Waals surface area contributed by atoms with E-state index in [0.29, 0.717) is 17.4 Å². The molecule has 0 unspecified atom stereocenters. The van der Waals surface area contributed by atoms with Crippen LogP contribution in [0, 0.1) is 18.8 Å². The van der Waals surface area contributed by atoms with Gasteiger partial charge >= 0.3 is 0 Å². The molecule has 2 aliphatic rings. The molecular weight excluding hydrogens is 270 g/mol. The highest BCUT2D eigenvalue weighted by molar-refractivity contribution is 7.89. The molecule has 1 saturated heterocycles. The zero-order chi connectivity index (χ0) is 14.2. The van der Waals surface area contributed by atoms with Crippen LogP contribution in [0.3, 0.4) is 0 Å². The van der Waals surface area contributed by atoms with Crippen molar-refractivity contribution < 1.29 is 8.42 Å². The van der Waals surface area contributed by atoms with Gasteiger partial charge in [-0.05, 0) is 43.7 Å². The molecule has 0 amide bonds. The van der Waals surface area contributed by atoms with Crippen molar-refractivity contribution in [3.63, 3.8) is 0 Å². The Kier molecular flexibility index (Phi) is 3.87. The predicted octanol–water partition coefficient (Wildman–Crippen LogP) is 3.20. The van der Waals surface area contributed by atoms with Crippen LogP contribution in [0.1, 0.15) is 37.7 Å². The average molecular weight is 293 g/mol. The molecule has 3 nitrogen and oxygen atoms in total. The fraction of sp³-hybridized carbons (Fsp3) is 0.625. The van der Waals surface area contributed by atoms with Crippen LogP contribution in [0.25, 0.3) is 0 Å². The highest BCUT2D eigenvalue weighted by Crippen LogP contribution is 2.37. The zero-order valence-corrected chi connectivity index (χ0v) is 12.9. The predicted molar refractivity (Wildman–Crippen MR) is 80.0 cm³/mol. The number of aryl methyl sites for hydroxylation is 1. The summed E-state index contributed by atoms with van der Waals surface area (Å²) in [5.41, 5.74) is 1.09. The zero-order valence-electron chi connectivity index (χ0n) is 12.1. The molecule has 1 aromatic carbocycles. The average Bonchev–Trinajstić information content (AvgIpc) is 2.47. The Morgan fingerprint density at radius 3 is 2.35 bits per heavy atom. The SMILES string of the molecule is Cc1ccc(S(=O)(=O)N2CC[C@H]3CCCC[C@H]3C2)cc1. The summed E-state index contributed by atoms with van der Waals surface area (Å²) in [6, 6.07) is 7.22. The highest BCUT2D eigenvalue weighted by atomic mass is 32.2. The van der Waals surface area contributed by atoms with Gasteiger partial charge in [0.25, 0.3) is 0 Å². The van der Waals surface area contributed by atoms with Crippen LogP contribution in [-0.4, -0.2) is 25.8 Å². The molecular formula is C16H23NO2S. The molecule has 0 radical (unpaired) electrons. The van der Waals surface area contributed by atoms with Gasteiger partial charge in [-0.2, -0.15) is 4.31 Å². The molecule has 2 fully saturated rings. The summed E-state index contributed by atoms with van der Waals surface area (Å²) in [7, 11) is -3.30. The third-order valence-electron chi connectivity index (χ3n) is 4.91. The van der Waals surface area contributed by atoms with Gasteiger partial charge < -0.3 is 0 Å². The van der Waals surface area contributed by atoms with Crippen molar-refractivity contribution in [2.24, 2.45) is 11.8 Å². The summed E-state index contributed by atoms with van der Waals surface area (Å²) in [6.45, 7) is 3.39. The van der Waals surface area contributed by atoms with Gasteiger partial charge in [-0.3, -0.25) is 0 Å². The minimum atomic E-state index is -3.30. The largest absolute Gasteiger partial charge is 0.243 e. The van der Waals surface area contributed by atoms with Crippen LogP contribution in [0.2, 0.25) is 0 Å². The van der Waals surface area contributed by atoms with Gasteiger partial charge in [-0.1, -0.05) is 37.0 Å². The van der Waals surface area contributed by atoms with Crippen LogP contribution in [0.4, 0.5) is 0 Å². The molecule has 1 aliphatic heterocycles. The van der Waals surface area contributed by atoms with E-state index in [0.717, 1.165) is 24.4 Å². The third kappa shape index (κ3) is 2.63. The van der Waals surface area contributed by atoms with Crippen molar-refractivity contribution >= 4 is 10.0 Å². The van der Waals surface area contributed by atoms with E-state index in [1.165, 1.54) is 25.7 Å². The first-order chi connectivity index (χ1) is 9.57. The normalized spacial score (nSPS) is 28.1. The summed E-state index contributed by atoms with van der Waals surface area (Å²) in [5, 5.41) is 0. The monoisotopic (exact) mass is 293 g/mol. The number of fused-ring (bicyclic) bond motifs is 1. The minimum absolute atomic E-state index is 0.442. The standard InChI is InChI=1S/C16H23NO2S/c1-13-6-8-16(9-7-13)20(18,19)17-11-10-14-4-2-3-5-15(14)12-17/h6-9,14-15H,2-5,10-12H2,1H3/t14-,15+/m1/s1. The lowest BCUT2D eigenvalue weighted by molar-refractivity contribution is 0.136. The molecule has 2 atom stereocenters. The molecule has 3 rings (SSSR count). The lowest BCUT2D eigenvalue weighted by Crippen LogP contribution is -2.44. The molecule has 110 valence electrons. The minimum Gasteiger partial charge on any atom is -0.207 e. The molecule has 20 heavy (non-hydrogen) atoms. The summed E-state index contributed by atoms with van der Waals surface area (Å²) in [6.07, 6.45) is 6.12. The Labute approximate surface area is 122 Å². The topological polar surface area (TPSA) is 37.4 Å². The number of hydrogen-bond donors (Lipinski definition) is 0. The molecule has 1 aliphatic carbocycles. The van der Waals surface area contributed by atoms with Gasteiger partial charge in [-0.25, -0.2) is 8.42 Å². The Morgan fingerprint density at radius 2 is 1.65 bits per heavy atom. The first kappa shape index (κ1) is 14.1. The number of hydrogen-bond acceptors (Lipinski definition) is 2. The maximum Gasteiger partial charge on any atom is 0.243 e. The summed E-state index contributed by atoms with van der Waals surface area (Å²) in [5.74, 6) is 1.34. The van der Waals surface area contributed by atoms with Gasteiger partial charge in [0.2, 0.25) is 10.0 Å². The Bertz CT molecular complexity index is 565. The smallest absolute Gasteiger partial charge is 0.207 e. The molecule has 1 aromatic rings. The van der Waals surface area contributed by atoms with E-state index >= 15 is 0 Å². The van der Waals surface area contributed by atoms with Crippen molar-refractivity contribution in [3.05, 3.63) is 29.8 Å². The molecule has 1 heterocycles. The first-order valence-electron chi connectivity index (χ1n) is 7.64. The van der Waals surface area contributed by atoms with Crippen LogP contribution >= 0.6 is 0 Å². The van der Waals surface area contributed by atoms with Crippen molar-refractivity contribution in [2.45, 2.75) is 43.9 Å². The summed E-state index contributed by atoms with van der Waals surface area (Å²) >= 11 is 0. The molecule has 4 heteroatoms. The second kappa shape index (κ2) is 5.49. The van der Waals surface area contributed by atoms with E-state index in [-0.39, 0.29) is 0 Å². The fourth-order valence-electron chi connectivity index (χ4n) is 3.65. The quantitative estimate of drug-likeness (QED) is 0.839. The Balaban J connectivity index is 1.79. The molecule has 0 aromatic heterocycles. The van der Waals surface area contributed by atoms with Crippen LogP contribution in [-0.2, 0) is 10.0 Å². The first-order valence-corrected chi connectivity index (χ1v) is 9.08. The maximum atomic E-state index is 12.7. The van der Waals surface area contributed by atoms with Crippen LogP contribution < -0.4 is 0 Å². The van der Waals surface area contributed by atoms with E-state index in [9.17, 15) is 8.42 Å². The Morgan fingerprint density at radius 1 is 1.00 bits per heavy atom. The number of piperidine rings is 1. The van der Waals surface area contributed by atoms with E-state index in [4.69, 9.17) is 0 Å². The molecule has 0 spiro atoms. The van der Waals surface area contributed by atoms with Crippen molar-refractivity contribution in [1.82, 2.24) is 4.31 Å². The van der Waals surface area contributed by atoms with E-state index in [2.05, 4.69) is 0 Å². The number of rotatable bonds is 2. The van der Waals surface area contributed by atoms with Crippen molar-refractivity contribution in [1.29, 1.82) is 0 Å². The number of sulfonamides is 1. The van der Waals surface area contributed by atoms with Gasteiger partial charge in [-0.15, -0.1) is 0 Å². The molecule has 1 saturated carbocycles. The third-order valence-corrected chi connectivity index (χ3v) is 6.79. The van der Waals surface area contributed by atoms with Gasteiger partial charge in [0.05, 0.1) is 4.90 Å². The van der Waals surface area contributed by atoms with Crippen molar-refractivity contribution in [3.8, 4) is 0 Å². The van der Waals surface area contributed by atoms with E-state index in [1.54, 1.807) is 16.4 Å². The van der Waals surface area contributed by atoms with Gasteiger partial charge in [0.1, 0.15) is 0 Å². The lowest BCUT2D eigenvalue weighted by atomic mass is 9.76. The summed E-state index contributed by atoms with van der Waals surface area (Å²) < 4.78 is 27.1. The molecule has 0 N–H and O–H groups in total. The van der Waals surface area contributed by atoms with Gasteiger partial charge in [0.15, 0.2) is 0 Å². The summed E-state index contributed by atoms with van der Waals surface area (Å²) in [4.78, 5) is 0.442. The second-order valence-corrected chi connectivity index (χ2v) is 8.21. The Hall–Kier alpha value is -0.870. The second-order valence-electron chi connectivity index (χ2n) is 6.27. The van der Waals surface area contributed by atoms with E-state index in [1.807, 2.05) is 19.1 Å². The lowest BCUT2D eigenvalue weighted by Gasteiger charge is -2.40. The maximum absolute atomic E-state index is 12.7. The molecule has 0 bridgehead atoms. The fourth-order valence-corrected chi connectivity index (χ4v) is 5.16. The van der Waals surface area contributed by atoms with Crippen LogP contribution in [0.15, 0.2) is 29.2 Å². The number of nitrogens with zero attached hydrogens (tertiary/aromatic N) is 1. The van der Waals surface area contributed by atoms with Gasteiger partial charge in [0, 0.05) is 13.1 Å².